The van der Waals surface area contributed by atoms with E-state index < -0.39 is 11.9 Å². The number of hydrogen-bond donors (Lipinski definition) is 2. The van der Waals surface area contributed by atoms with Gasteiger partial charge in [-0.05, 0) is 26.1 Å². The van der Waals surface area contributed by atoms with E-state index in [1.54, 1.807) is 7.05 Å². The molecule has 7 heteroatoms. The summed E-state index contributed by atoms with van der Waals surface area (Å²) in [5.41, 5.74) is -0.114. The minimum atomic E-state index is -1.15. The topological polar surface area (TPSA) is 87.5 Å². The van der Waals surface area contributed by atoms with Crippen LogP contribution < -0.4 is 5.32 Å². The maximum Gasteiger partial charge on any atom is 0.339 e. The Balaban J connectivity index is 2.49. The van der Waals surface area contributed by atoms with Crippen LogP contribution in [0.3, 0.4) is 0 Å². The van der Waals surface area contributed by atoms with E-state index in [-0.39, 0.29) is 11.3 Å². The lowest BCUT2D eigenvalue weighted by atomic mass is 10.2. The second-order valence-corrected chi connectivity index (χ2v) is 4.51. The van der Waals surface area contributed by atoms with Crippen LogP contribution in [-0.4, -0.2) is 57.8 Å². The van der Waals surface area contributed by atoms with Crippen LogP contribution in [-0.2, 0) is 7.05 Å². The number of hydrogen-bond acceptors (Lipinski definition) is 4. The van der Waals surface area contributed by atoms with Crippen molar-refractivity contribution in [2.75, 3.05) is 26.2 Å². The largest absolute Gasteiger partial charge is 0.478 e. The first kappa shape index (κ1) is 16.2. The summed E-state index contributed by atoms with van der Waals surface area (Å²) in [5, 5.41) is 15.6. The molecule has 0 aliphatic rings. The molecule has 112 valence electrons. The van der Waals surface area contributed by atoms with Gasteiger partial charge in [0, 0.05) is 19.8 Å². The van der Waals surface area contributed by atoms with E-state index in [4.69, 9.17) is 5.11 Å². The summed E-state index contributed by atoms with van der Waals surface area (Å²) >= 11 is 0. The molecule has 2 N–H and O–H groups in total. The van der Waals surface area contributed by atoms with Crippen molar-refractivity contribution in [3.05, 3.63) is 17.5 Å². The third kappa shape index (κ3) is 4.34. The Morgan fingerprint density at radius 1 is 1.40 bits per heavy atom. The number of aromatic carboxylic acids is 1. The van der Waals surface area contributed by atoms with Crippen molar-refractivity contribution in [2.24, 2.45) is 7.05 Å². The zero-order chi connectivity index (χ0) is 15.1. The first-order chi connectivity index (χ1) is 9.49. The van der Waals surface area contributed by atoms with Crippen LogP contribution in [0.1, 0.15) is 41.1 Å². The number of carbonyl (C=O) groups is 2. The SMILES string of the molecule is CCN(CC)CCCNC(=O)c1nn(C)cc1C(=O)O. The molecule has 0 bridgehead atoms. The lowest BCUT2D eigenvalue weighted by Crippen LogP contribution is -2.30. The highest BCUT2D eigenvalue weighted by atomic mass is 16.4. The van der Waals surface area contributed by atoms with E-state index in [0.717, 1.165) is 26.1 Å². The van der Waals surface area contributed by atoms with Crippen LogP contribution in [0.2, 0.25) is 0 Å². The first-order valence-electron chi connectivity index (χ1n) is 6.77. The van der Waals surface area contributed by atoms with Gasteiger partial charge in [-0.1, -0.05) is 13.8 Å². The fourth-order valence-corrected chi connectivity index (χ4v) is 1.94. The molecule has 7 nitrogen and oxygen atoms in total. The standard InChI is InChI=1S/C13H22N4O3/c1-4-17(5-2)8-6-7-14-12(18)11-10(13(19)20)9-16(3)15-11/h9H,4-8H2,1-3H3,(H,14,18)(H,19,20). The number of nitrogens with zero attached hydrogens (tertiary/aromatic N) is 3. The molecule has 0 aliphatic carbocycles. The molecular weight excluding hydrogens is 260 g/mol. The second-order valence-electron chi connectivity index (χ2n) is 4.51. The van der Waals surface area contributed by atoms with E-state index >= 15 is 0 Å². The monoisotopic (exact) mass is 282 g/mol. The maximum atomic E-state index is 11.9. The van der Waals surface area contributed by atoms with Gasteiger partial charge in [0.25, 0.3) is 5.91 Å². The van der Waals surface area contributed by atoms with Crippen LogP contribution in [0.15, 0.2) is 6.20 Å². The molecule has 20 heavy (non-hydrogen) atoms. The van der Waals surface area contributed by atoms with Crippen LogP contribution in [0.4, 0.5) is 0 Å². The number of carboxylic acid groups (broad SMARTS) is 1. The molecule has 0 aliphatic heterocycles. The van der Waals surface area contributed by atoms with Crippen molar-refractivity contribution in [1.29, 1.82) is 0 Å². The molecule has 0 atom stereocenters. The van der Waals surface area contributed by atoms with E-state index in [2.05, 4.69) is 29.2 Å². The minimum absolute atomic E-state index is 0.0390. The molecule has 0 spiro atoms. The Morgan fingerprint density at radius 3 is 2.60 bits per heavy atom. The molecule has 0 radical (unpaired) electrons. The van der Waals surface area contributed by atoms with Crippen LogP contribution >= 0.6 is 0 Å². The summed E-state index contributed by atoms with van der Waals surface area (Å²) < 4.78 is 1.33. The number of carboxylic acids is 1. The number of carbonyl (C=O) groups excluding carboxylic acids is 1. The van der Waals surface area contributed by atoms with Crippen LogP contribution in [0.25, 0.3) is 0 Å². The van der Waals surface area contributed by atoms with E-state index in [1.165, 1.54) is 10.9 Å². The molecule has 0 saturated heterocycles. The number of rotatable bonds is 8. The minimum Gasteiger partial charge on any atom is -0.478 e. The van der Waals surface area contributed by atoms with Crippen molar-refractivity contribution in [3.8, 4) is 0 Å². The molecule has 1 rings (SSSR count). The van der Waals surface area contributed by atoms with Gasteiger partial charge in [-0.2, -0.15) is 5.10 Å². The zero-order valence-corrected chi connectivity index (χ0v) is 12.2. The molecule has 0 saturated carbocycles. The van der Waals surface area contributed by atoms with E-state index in [0.29, 0.717) is 6.54 Å². The van der Waals surface area contributed by atoms with Gasteiger partial charge >= 0.3 is 5.97 Å². The highest BCUT2D eigenvalue weighted by Gasteiger charge is 2.20. The van der Waals surface area contributed by atoms with Gasteiger partial charge < -0.3 is 15.3 Å². The molecule has 1 heterocycles. The first-order valence-corrected chi connectivity index (χ1v) is 6.77. The van der Waals surface area contributed by atoms with Gasteiger partial charge in [-0.15, -0.1) is 0 Å². The highest BCUT2D eigenvalue weighted by Crippen LogP contribution is 2.06. The summed E-state index contributed by atoms with van der Waals surface area (Å²) in [6, 6.07) is 0. The van der Waals surface area contributed by atoms with Crippen LogP contribution in [0, 0.1) is 0 Å². The van der Waals surface area contributed by atoms with Gasteiger partial charge in [-0.3, -0.25) is 9.48 Å². The Labute approximate surface area is 118 Å². The molecule has 0 fully saturated rings. The number of aryl methyl sites for hydroxylation is 1. The van der Waals surface area contributed by atoms with Crippen molar-refractivity contribution in [3.63, 3.8) is 0 Å². The van der Waals surface area contributed by atoms with Crippen molar-refractivity contribution in [1.82, 2.24) is 20.0 Å². The molecule has 0 unspecified atom stereocenters. The average Bonchev–Trinajstić information content (AvgIpc) is 2.81. The summed E-state index contributed by atoms with van der Waals surface area (Å²) in [5.74, 6) is -1.59. The predicted molar refractivity (Wildman–Crippen MR) is 74.9 cm³/mol. The molecule has 1 amide bonds. The summed E-state index contributed by atoms with van der Waals surface area (Å²) in [6.07, 6.45) is 2.15. The molecular formula is C13H22N4O3. The second kappa shape index (κ2) is 7.64. The van der Waals surface area contributed by atoms with Gasteiger partial charge in [0.15, 0.2) is 5.69 Å². The quantitative estimate of drug-likeness (QED) is 0.681. The Morgan fingerprint density at radius 2 is 2.05 bits per heavy atom. The fourth-order valence-electron chi connectivity index (χ4n) is 1.94. The molecule has 1 aromatic heterocycles. The Bertz CT molecular complexity index is 466. The van der Waals surface area contributed by atoms with E-state index in [1.807, 2.05) is 0 Å². The van der Waals surface area contributed by atoms with Crippen molar-refractivity contribution in [2.45, 2.75) is 20.3 Å². The lowest BCUT2D eigenvalue weighted by Gasteiger charge is -2.17. The highest BCUT2D eigenvalue weighted by molar-refractivity contribution is 6.03. The van der Waals surface area contributed by atoms with Gasteiger partial charge in [-0.25, -0.2) is 4.79 Å². The number of nitrogens with one attached hydrogen (secondary N) is 1. The maximum absolute atomic E-state index is 11.9. The van der Waals surface area contributed by atoms with Gasteiger partial charge in [0.1, 0.15) is 5.56 Å². The number of amides is 1. The fraction of sp³-hybridized carbons (Fsp3) is 0.615. The molecule has 0 aromatic carbocycles. The van der Waals surface area contributed by atoms with Gasteiger partial charge in [0.2, 0.25) is 0 Å². The average molecular weight is 282 g/mol. The normalized spacial score (nSPS) is 10.8. The lowest BCUT2D eigenvalue weighted by molar-refractivity contribution is 0.0691. The molecule has 1 aromatic rings. The smallest absolute Gasteiger partial charge is 0.339 e. The zero-order valence-electron chi connectivity index (χ0n) is 12.2. The van der Waals surface area contributed by atoms with Crippen molar-refractivity contribution < 1.29 is 14.7 Å². The Kier molecular flexibility index (Phi) is 6.17. The van der Waals surface area contributed by atoms with E-state index in [9.17, 15) is 9.59 Å². The summed E-state index contributed by atoms with van der Waals surface area (Å²) in [6.45, 7) is 7.55. The summed E-state index contributed by atoms with van der Waals surface area (Å²) in [7, 11) is 1.59. The third-order valence-corrected chi connectivity index (χ3v) is 3.11. The van der Waals surface area contributed by atoms with Crippen LogP contribution in [0.5, 0.6) is 0 Å². The predicted octanol–water partition coefficient (Wildman–Crippen LogP) is 0.580. The van der Waals surface area contributed by atoms with Gasteiger partial charge in [0.05, 0.1) is 0 Å². The Hall–Kier alpha value is -1.89. The third-order valence-electron chi connectivity index (χ3n) is 3.11. The number of aromatic nitrogens is 2. The van der Waals surface area contributed by atoms with Crippen molar-refractivity contribution >= 4 is 11.9 Å². The summed E-state index contributed by atoms with van der Waals surface area (Å²) in [4.78, 5) is 25.2.